The van der Waals surface area contributed by atoms with Crippen LogP contribution in [0.5, 0.6) is 17.2 Å². The highest BCUT2D eigenvalue weighted by Crippen LogP contribution is 2.39. The van der Waals surface area contributed by atoms with Crippen LogP contribution < -0.4 is 19.5 Å². The van der Waals surface area contributed by atoms with Crippen LogP contribution in [-0.4, -0.2) is 27.2 Å². The molecule has 5 nitrogen and oxygen atoms in total. The number of carbonyl (C=O) groups is 1. The summed E-state index contributed by atoms with van der Waals surface area (Å²) >= 11 is 0. The summed E-state index contributed by atoms with van der Waals surface area (Å²) in [5.41, 5.74) is 1.09. The van der Waals surface area contributed by atoms with E-state index >= 15 is 0 Å². The lowest BCUT2D eigenvalue weighted by Gasteiger charge is -2.14. The van der Waals surface area contributed by atoms with Gasteiger partial charge in [0.1, 0.15) is 5.82 Å². The van der Waals surface area contributed by atoms with Crippen LogP contribution in [0.1, 0.15) is 5.56 Å². The van der Waals surface area contributed by atoms with Crippen LogP contribution in [0.15, 0.2) is 36.4 Å². The Balaban J connectivity index is 2.17. The molecule has 0 bridgehead atoms. The summed E-state index contributed by atoms with van der Waals surface area (Å²) in [5.74, 6) is 0.673. The van der Waals surface area contributed by atoms with Gasteiger partial charge in [-0.2, -0.15) is 0 Å². The average Bonchev–Trinajstić information content (AvgIpc) is 2.53. The van der Waals surface area contributed by atoms with Crippen molar-refractivity contribution >= 4 is 11.6 Å². The molecule has 2 aromatic rings. The van der Waals surface area contributed by atoms with Gasteiger partial charge in [0.15, 0.2) is 11.5 Å². The van der Waals surface area contributed by atoms with E-state index in [4.69, 9.17) is 14.2 Å². The van der Waals surface area contributed by atoms with E-state index in [1.165, 1.54) is 33.5 Å². The van der Waals surface area contributed by atoms with Gasteiger partial charge in [-0.1, -0.05) is 12.1 Å². The summed E-state index contributed by atoms with van der Waals surface area (Å²) in [6.07, 6.45) is 0.0639. The van der Waals surface area contributed by atoms with Crippen LogP contribution in [0.3, 0.4) is 0 Å². The van der Waals surface area contributed by atoms with Crippen LogP contribution in [0.25, 0.3) is 0 Å². The zero-order valence-electron chi connectivity index (χ0n) is 13.2. The molecule has 1 N–H and O–H groups in total. The quantitative estimate of drug-likeness (QED) is 0.889. The van der Waals surface area contributed by atoms with E-state index in [1.54, 1.807) is 24.3 Å². The van der Waals surface area contributed by atoms with Gasteiger partial charge in [0, 0.05) is 17.8 Å². The molecule has 122 valence electrons. The number of hydrogen-bond donors (Lipinski definition) is 1. The van der Waals surface area contributed by atoms with Crippen molar-refractivity contribution in [1.29, 1.82) is 0 Å². The number of anilines is 1. The number of hydrogen-bond acceptors (Lipinski definition) is 4. The molecule has 0 atom stereocenters. The number of rotatable bonds is 6. The van der Waals surface area contributed by atoms with Crippen molar-refractivity contribution in [3.05, 3.63) is 47.8 Å². The maximum absolute atomic E-state index is 13.1. The van der Waals surface area contributed by atoms with E-state index in [0.717, 1.165) is 0 Å². The normalized spacial score (nSPS) is 10.1. The maximum atomic E-state index is 13.1. The van der Waals surface area contributed by atoms with Crippen molar-refractivity contribution < 1.29 is 23.4 Å². The first-order valence-electron chi connectivity index (χ1n) is 6.91. The summed E-state index contributed by atoms with van der Waals surface area (Å²) in [6, 6.07) is 9.18. The Hall–Kier alpha value is -2.76. The molecule has 0 aliphatic rings. The first-order chi connectivity index (χ1) is 11.1. The van der Waals surface area contributed by atoms with Gasteiger partial charge in [-0.15, -0.1) is 0 Å². The van der Waals surface area contributed by atoms with Gasteiger partial charge >= 0.3 is 0 Å². The topological polar surface area (TPSA) is 56.8 Å². The molecule has 1 amide bonds. The number of halogens is 1. The highest BCUT2D eigenvalue weighted by atomic mass is 19.1. The molecule has 2 aromatic carbocycles. The Labute approximate surface area is 134 Å². The lowest BCUT2D eigenvalue weighted by Crippen LogP contribution is -2.14. The highest BCUT2D eigenvalue weighted by Gasteiger charge is 2.14. The lowest BCUT2D eigenvalue weighted by molar-refractivity contribution is -0.115. The highest BCUT2D eigenvalue weighted by molar-refractivity contribution is 5.93. The number of carbonyl (C=O) groups excluding carboxylic acids is 1. The summed E-state index contributed by atoms with van der Waals surface area (Å²) in [6.45, 7) is 0. The van der Waals surface area contributed by atoms with Crippen molar-refractivity contribution in [3.8, 4) is 17.2 Å². The summed E-state index contributed by atoms with van der Waals surface area (Å²) < 4.78 is 28.8. The molecule has 0 aromatic heterocycles. The van der Waals surface area contributed by atoms with Crippen LogP contribution in [0, 0.1) is 5.82 Å². The second-order valence-electron chi connectivity index (χ2n) is 4.77. The van der Waals surface area contributed by atoms with E-state index in [-0.39, 0.29) is 18.1 Å². The number of nitrogens with one attached hydrogen (secondary N) is 1. The minimum Gasteiger partial charge on any atom is -0.493 e. The Morgan fingerprint density at radius 2 is 1.70 bits per heavy atom. The first kappa shape index (κ1) is 16.6. The van der Waals surface area contributed by atoms with Crippen molar-refractivity contribution in [1.82, 2.24) is 0 Å². The summed E-state index contributed by atoms with van der Waals surface area (Å²) in [7, 11) is 4.49. The zero-order valence-corrected chi connectivity index (χ0v) is 13.2. The van der Waals surface area contributed by atoms with Crippen LogP contribution in [0.2, 0.25) is 0 Å². The smallest absolute Gasteiger partial charge is 0.228 e. The number of benzene rings is 2. The van der Waals surface area contributed by atoms with Gasteiger partial charge in [-0.25, -0.2) is 4.39 Å². The monoisotopic (exact) mass is 319 g/mol. The second-order valence-corrected chi connectivity index (χ2v) is 4.77. The molecule has 2 rings (SSSR count). The van der Waals surface area contributed by atoms with Crippen molar-refractivity contribution in [2.45, 2.75) is 6.42 Å². The minimum atomic E-state index is -0.372. The van der Waals surface area contributed by atoms with Crippen molar-refractivity contribution in [3.63, 3.8) is 0 Å². The third-order valence-corrected chi connectivity index (χ3v) is 3.20. The van der Waals surface area contributed by atoms with E-state index in [0.29, 0.717) is 28.5 Å². The number of methoxy groups -OCH3 is 3. The van der Waals surface area contributed by atoms with E-state index in [1.807, 2.05) is 0 Å². The predicted molar refractivity (Wildman–Crippen MR) is 84.8 cm³/mol. The molecule has 0 aliphatic heterocycles. The van der Waals surface area contributed by atoms with Gasteiger partial charge in [0.25, 0.3) is 0 Å². The largest absolute Gasteiger partial charge is 0.493 e. The molecular formula is C17H18FNO4. The predicted octanol–water partition coefficient (Wildman–Crippen LogP) is 3.03. The molecule has 0 fully saturated rings. The SMILES string of the molecule is COc1cc(NC(=O)Cc2cccc(F)c2)cc(OC)c1OC. The van der Waals surface area contributed by atoms with Crippen LogP contribution in [-0.2, 0) is 11.2 Å². The fourth-order valence-electron chi connectivity index (χ4n) is 2.19. The Morgan fingerprint density at radius 3 is 2.22 bits per heavy atom. The molecule has 0 heterocycles. The summed E-state index contributed by atoms with van der Waals surface area (Å²) in [4.78, 5) is 12.1. The Morgan fingerprint density at radius 1 is 1.04 bits per heavy atom. The lowest BCUT2D eigenvalue weighted by atomic mass is 10.1. The molecule has 0 saturated heterocycles. The Kier molecular flexibility index (Phi) is 5.41. The van der Waals surface area contributed by atoms with Crippen molar-refractivity contribution in [2.75, 3.05) is 26.6 Å². The van der Waals surface area contributed by atoms with Gasteiger partial charge in [0.2, 0.25) is 11.7 Å². The third kappa shape index (κ3) is 4.12. The van der Waals surface area contributed by atoms with Crippen LogP contribution in [0.4, 0.5) is 10.1 Å². The van der Waals surface area contributed by atoms with Gasteiger partial charge in [0.05, 0.1) is 27.8 Å². The molecule has 0 aliphatic carbocycles. The molecule has 23 heavy (non-hydrogen) atoms. The summed E-state index contributed by atoms with van der Waals surface area (Å²) in [5, 5.41) is 2.73. The molecule has 0 spiro atoms. The minimum absolute atomic E-state index is 0.0639. The molecule has 6 heteroatoms. The molecule has 0 unspecified atom stereocenters. The number of ether oxygens (including phenoxy) is 3. The zero-order chi connectivity index (χ0) is 16.8. The third-order valence-electron chi connectivity index (χ3n) is 3.20. The molecule has 0 radical (unpaired) electrons. The Bertz CT molecular complexity index is 678. The number of amides is 1. The van der Waals surface area contributed by atoms with Gasteiger partial charge in [-0.3, -0.25) is 4.79 Å². The van der Waals surface area contributed by atoms with Gasteiger partial charge < -0.3 is 19.5 Å². The average molecular weight is 319 g/mol. The molecular weight excluding hydrogens is 301 g/mol. The maximum Gasteiger partial charge on any atom is 0.228 e. The van der Waals surface area contributed by atoms with Crippen LogP contribution >= 0.6 is 0 Å². The second kappa shape index (κ2) is 7.49. The van der Waals surface area contributed by atoms with E-state index in [2.05, 4.69) is 5.32 Å². The van der Waals surface area contributed by atoms with E-state index in [9.17, 15) is 9.18 Å². The fraction of sp³-hybridized carbons (Fsp3) is 0.235. The fourth-order valence-corrected chi connectivity index (χ4v) is 2.19. The van der Waals surface area contributed by atoms with Crippen molar-refractivity contribution in [2.24, 2.45) is 0 Å². The van der Waals surface area contributed by atoms with Gasteiger partial charge in [-0.05, 0) is 17.7 Å². The first-order valence-corrected chi connectivity index (χ1v) is 6.91. The molecule has 0 saturated carbocycles. The van der Waals surface area contributed by atoms with E-state index < -0.39 is 0 Å². The standard InChI is InChI=1S/C17H18FNO4/c1-21-14-9-13(10-15(22-2)17(14)23-3)19-16(20)8-11-5-4-6-12(18)7-11/h4-7,9-10H,8H2,1-3H3,(H,19,20).